The number of carbonyl (C=O) groups is 2. The maximum atomic E-state index is 12.5. The highest BCUT2D eigenvalue weighted by atomic mass is 35.5. The SMILES string of the molecule is COCCn1cc(C(=O)NCC(=O)N2CCN(c3ccc(Cl)cc3)CC2)ccc1=O. The zero-order chi connectivity index (χ0) is 21.5. The molecular weight excluding hydrogens is 408 g/mol. The van der Waals surface area contributed by atoms with Crippen LogP contribution in [0.25, 0.3) is 0 Å². The monoisotopic (exact) mass is 432 g/mol. The van der Waals surface area contributed by atoms with E-state index in [1.165, 1.54) is 22.9 Å². The second kappa shape index (κ2) is 10.3. The van der Waals surface area contributed by atoms with Crippen molar-refractivity contribution >= 4 is 29.1 Å². The molecule has 0 unspecified atom stereocenters. The lowest BCUT2D eigenvalue weighted by Gasteiger charge is -2.36. The normalized spacial score (nSPS) is 13.9. The molecule has 30 heavy (non-hydrogen) atoms. The number of halogens is 1. The van der Waals surface area contributed by atoms with E-state index in [4.69, 9.17) is 16.3 Å². The van der Waals surface area contributed by atoms with E-state index < -0.39 is 5.91 Å². The van der Waals surface area contributed by atoms with Gasteiger partial charge in [0, 0.05) is 62.8 Å². The van der Waals surface area contributed by atoms with Gasteiger partial charge in [-0.3, -0.25) is 14.4 Å². The molecule has 2 aromatic rings. The number of carbonyl (C=O) groups excluding carboxylic acids is 2. The van der Waals surface area contributed by atoms with Gasteiger partial charge in [0.05, 0.1) is 18.7 Å². The summed E-state index contributed by atoms with van der Waals surface area (Å²) in [6.45, 7) is 3.23. The van der Waals surface area contributed by atoms with Gasteiger partial charge in [-0.05, 0) is 30.3 Å². The molecule has 1 aromatic heterocycles. The fourth-order valence-electron chi connectivity index (χ4n) is 3.27. The lowest BCUT2D eigenvalue weighted by Crippen LogP contribution is -2.51. The molecule has 0 spiro atoms. The van der Waals surface area contributed by atoms with E-state index >= 15 is 0 Å². The number of anilines is 1. The highest BCUT2D eigenvalue weighted by Crippen LogP contribution is 2.19. The molecule has 9 heteroatoms. The lowest BCUT2D eigenvalue weighted by atomic mass is 10.2. The molecule has 1 N–H and O–H groups in total. The Morgan fingerprint density at radius 3 is 2.43 bits per heavy atom. The maximum Gasteiger partial charge on any atom is 0.253 e. The Morgan fingerprint density at radius 2 is 1.77 bits per heavy atom. The fraction of sp³-hybridized carbons (Fsp3) is 0.381. The van der Waals surface area contributed by atoms with Gasteiger partial charge in [-0.1, -0.05) is 11.6 Å². The fourth-order valence-corrected chi connectivity index (χ4v) is 3.39. The van der Waals surface area contributed by atoms with Crippen molar-refractivity contribution in [2.24, 2.45) is 0 Å². The highest BCUT2D eigenvalue weighted by molar-refractivity contribution is 6.30. The zero-order valence-corrected chi connectivity index (χ0v) is 17.6. The summed E-state index contributed by atoms with van der Waals surface area (Å²) in [5.74, 6) is -0.527. The predicted molar refractivity (Wildman–Crippen MR) is 115 cm³/mol. The van der Waals surface area contributed by atoms with Crippen molar-refractivity contribution in [2.45, 2.75) is 6.54 Å². The van der Waals surface area contributed by atoms with Gasteiger partial charge in [-0.2, -0.15) is 0 Å². The molecule has 1 aromatic carbocycles. The molecule has 1 aliphatic heterocycles. The Balaban J connectivity index is 1.49. The number of rotatable bonds is 7. The van der Waals surface area contributed by atoms with Crippen LogP contribution in [-0.4, -0.2) is 67.7 Å². The van der Waals surface area contributed by atoms with Crippen LogP contribution in [0, 0.1) is 0 Å². The molecule has 0 bridgehead atoms. The molecule has 3 rings (SSSR count). The van der Waals surface area contributed by atoms with Gasteiger partial charge in [0.15, 0.2) is 0 Å². The van der Waals surface area contributed by atoms with Gasteiger partial charge in [-0.15, -0.1) is 0 Å². The first-order valence-corrected chi connectivity index (χ1v) is 10.1. The third kappa shape index (κ3) is 5.61. The number of hydrogen-bond acceptors (Lipinski definition) is 5. The number of ether oxygens (including phenoxy) is 1. The number of methoxy groups -OCH3 is 1. The number of pyridine rings is 1. The lowest BCUT2D eigenvalue weighted by molar-refractivity contribution is -0.130. The Labute approximate surface area is 180 Å². The summed E-state index contributed by atoms with van der Waals surface area (Å²) in [6, 6.07) is 10.4. The van der Waals surface area contributed by atoms with E-state index in [9.17, 15) is 14.4 Å². The molecule has 0 saturated carbocycles. The van der Waals surface area contributed by atoms with Crippen molar-refractivity contribution < 1.29 is 14.3 Å². The molecule has 2 heterocycles. The summed E-state index contributed by atoms with van der Waals surface area (Å²) >= 11 is 5.93. The van der Waals surface area contributed by atoms with Gasteiger partial charge >= 0.3 is 0 Å². The van der Waals surface area contributed by atoms with Crippen molar-refractivity contribution in [1.29, 1.82) is 0 Å². The van der Waals surface area contributed by atoms with Crippen molar-refractivity contribution in [3.8, 4) is 0 Å². The van der Waals surface area contributed by atoms with E-state index in [2.05, 4.69) is 10.2 Å². The van der Waals surface area contributed by atoms with Crippen LogP contribution in [0.3, 0.4) is 0 Å². The van der Waals surface area contributed by atoms with E-state index in [1.54, 1.807) is 12.0 Å². The van der Waals surface area contributed by atoms with E-state index in [-0.39, 0.29) is 18.0 Å². The molecule has 0 aliphatic carbocycles. The van der Waals surface area contributed by atoms with Gasteiger partial charge < -0.3 is 24.4 Å². The number of hydrogen-bond donors (Lipinski definition) is 1. The Kier molecular flexibility index (Phi) is 7.48. The van der Waals surface area contributed by atoms with Gasteiger partial charge in [-0.25, -0.2) is 0 Å². The average Bonchev–Trinajstić information content (AvgIpc) is 2.77. The highest BCUT2D eigenvalue weighted by Gasteiger charge is 2.21. The van der Waals surface area contributed by atoms with Crippen LogP contribution in [-0.2, 0) is 16.1 Å². The quantitative estimate of drug-likeness (QED) is 0.711. The maximum absolute atomic E-state index is 12.5. The Hall–Kier alpha value is -2.84. The summed E-state index contributed by atoms with van der Waals surface area (Å²) in [5.41, 5.74) is 1.19. The number of piperazine rings is 1. The number of nitrogens with zero attached hydrogens (tertiary/aromatic N) is 3. The first-order chi connectivity index (χ1) is 14.5. The van der Waals surface area contributed by atoms with Crippen LogP contribution in [0.5, 0.6) is 0 Å². The van der Waals surface area contributed by atoms with Gasteiger partial charge in [0.25, 0.3) is 11.5 Å². The van der Waals surface area contributed by atoms with E-state index in [0.29, 0.717) is 49.9 Å². The van der Waals surface area contributed by atoms with Gasteiger partial charge in [0.1, 0.15) is 0 Å². The topological polar surface area (TPSA) is 83.9 Å². The molecule has 2 amide bonds. The third-order valence-electron chi connectivity index (χ3n) is 5.01. The van der Waals surface area contributed by atoms with Crippen LogP contribution in [0.15, 0.2) is 47.4 Å². The van der Waals surface area contributed by atoms with E-state index in [0.717, 1.165) is 5.69 Å². The number of amides is 2. The van der Waals surface area contributed by atoms with Crippen LogP contribution in [0.1, 0.15) is 10.4 Å². The first kappa shape index (κ1) is 21.9. The second-order valence-corrected chi connectivity index (χ2v) is 7.41. The average molecular weight is 433 g/mol. The molecule has 0 radical (unpaired) electrons. The Bertz CT molecular complexity index is 937. The smallest absolute Gasteiger partial charge is 0.253 e. The van der Waals surface area contributed by atoms with Crippen molar-refractivity contribution in [1.82, 2.24) is 14.8 Å². The first-order valence-electron chi connectivity index (χ1n) is 9.74. The van der Waals surface area contributed by atoms with E-state index in [1.807, 2.05) is 24.3 Å². The summed E-state index contributed by atoms with van der Waals surface area (Å²) in [4.78, 5) is 40.6. The molecule has 160 valence electrons. The molecule has 1 saturated heterocycles. The third-order valence-corrected chi connectivity index (χ3v) is 5.26. The minimum Gasteiger partial charge on any atom is -0.383 e. The van der Waals surface area contributed by atoms with Crippen molar-refractivity contribution in [3.63, 3.8) is 0 Å². The molecule has 0 atom stereocenters. The summed E-state index contributed by atoms with van der Waals surface area (Å²) in [6.07, 6.45) is 1.48. The number of nitrogens with one attached hydrogen (secondary N) is 1. The van der Waals surface area contributed by atoms with Crippen LogP contribution >= 0.6 is 11.6 Å². The minimum atomic E-state index is -0.394. The zero-order valence-electron chi connectivity index (χ0n) is 16.8. The second-order valence-electron chi connectivity index (χ2n) is 6.97. The molecule has 1 aliphatic rings. The van der Waals surface area contributed by atoms with Crippen molar-refractivity contribution in [3.05, 3.63) is 63.5 Å². The van der Waals surface area contributed by atoms with Crippen LogP contribution in [0.4, 0.5) is 5.69 Å². The Morgan fingerprint density at radius 1 is 1.07 bits per heavy atom. The summed E-state index contributed by atoms with van der Waals surface area (Å²) < 4.78 is 6.38. The minimum absolute atomic E-state index is 0.0863. The molecule has 1 fully saturated rings. The number of aromatic nitrogens is 1. The largest absolute Gasteiger partial charge is 0.383 e. The number of benzene rings is 1. The van der Waals surface area contributed by atoms with Crippen molar-refractivity contribution in [2.75, 3.05) is 51.3 Å². The molecule has 8 nitrogen and oxygen atoms in total. The van der Waals surface area contributed by atoms with Gasteiger partial charge in [0.2, 0.25) is 5.91 Å². The van der Waals surface area contributed by atoms with Crippen LogP contribution < -0.4 is 15.8 Å². The molecular formula is C21H25ClN4O4. The van der Waals surface area contributed by atoms with Crippen LogP contribution in [0.2, 0.25) is 5.02 Å². The predicted octanol–water partition coefficient (Wildman–Crippen LogP) is 1.23. The standard InChI is InChI=1S/C21H25ClN4O4/c1-30-13-12-26-15-16(2-7-19(26)27)21(29)23-14-20(28)25-10-8-24(9-11-25)18-5-3-17(22)4-6-18/h2-7,15H,8-14H2,1H3,(H,23,29). The summed E-state index contributed by atoms with van der Waals surface area (Å²) in [5, 5.41) is 3.33. The summed E-state index contributed by atoms with van der Waals surface area (Å²) in [7, 11) is 1.54.